The number of hydrogen-bond donors (Lipinski definition) is 0. The molecule has 14 heavy (non-hydrogen) atoms. The van der Waals surface area contributed by atoms with Crippen molar-refractivity contribution in [1.82, 2.24) is 4.98 Å². The molecule has 0 unspecified atom stereocenters. The third-order valence-electron chi connectivity index (χ3n) is 1.60. The molecule has 0 aromatic carbocycles. The Morgan fingerprint density at radius 3 is 2.64 bits per heavy atom. The highest BCUT2D eigenvalue weighted by Crippen LogP contribution is 2.29. The van der Waals surface area contributed by atoms with Gasteiger partial charge < -0.3 is 0 Å². The Balaban J connectivity index is 3.35. The summed E-state index contributed by atoms with van der Waals surface area (Å²) in [5.41, 5.74) is 0.279. The number of nitriles is 1. The van der Waals surface area contributed by atoms with E-state index in [4.69, 9.17) is 5.26 Å². The predicted octanol–water partition coefficient (Wildman–Crippen LogP) is 3.29. The minimum Gasteiger partial charge on any atom is -0.249 e. The van der Waals surface area contributed by atoms with Gasteiger partial charge in [0.15, 0.2) is 0 Å². The molecule has 0 amide bonds. The monoisotopic (exact) mass is 420 g/mol. The molecular formula is C8H4F2I2N2. The first-order valence-electron chi connectivity index (χ1n) is 3.55. The van der Waals surface area contributed by atoms with Crippen LogP contribution in [-0.4, -0.2) is 4.98 Å². The second-order valence-corrected chi connectivity index (χ2v) is 4.61. The van der Waals surface area contributed by atoms with Crippen molar-refractivity contribution >= 4 is 45.2 Å². The predicted molar refractivity (Wildman–Crippen MR) is 63.9 cm³/mol. The summed E-state index contributed by atoms with van der Waals surface area (Å²) < 4.78 is 26.2. The largest absolute Gasteiger partial charge is 0.265 e. The van der Waals surface area contributed by atoms with Crippen molar-refractivity contribution in [1.29, 1.82) is 5.26 Å². The van der Waals surface area contributed by atoms with Crippen molar-refractivity contribution in [3.8, 4) is 6.07 Å². The molecule has 2 nitrogen and oxygen atoms in total. The zero-order valence-corrected chi connectivity index (χ0v) is 11.1. The van der Waals surface area contributed by atoms with Crippen LogP contribution in [0, 0.1) is 18.6 Å². The van der Waals surface area contributed by atoms with E-state index in [-0.39, 0.29) is 12.0 Å². The number of halogens is 4. The van der Waals surface area contributed by atoms with Gasteiger partial charge in [-0.15, -0.1) is 0 Å². The number of aromatic nitrogens is 1. The summed E-state index contributed by atoms with van der Waals surface area (Å²) in [7, 11) is 0. The van der Waals surface area contributed by atoms with Crippen molar-refractivity contribution < 1.29 is 8.78 Å². The van der Waals surface area contributed by atoms with E-state index in [2.05, 4.69) is 4.98 Å². The Morgan fingerprint density at radius 1 is 1.50 bits per heavy atom. The van der Waals surface area contributed by atoms with Gasteiger partial charge in [-0.25, -0.2) is 13.8 Å². The molecule has 0 saturated carbocycles. The van der Waals surface area contributed by atoms with E-state index >= 15 is 0 Å². The van der Waals surface area contributed by atoms with Gasteiger partial charge in [-0.2, -0.15) is 5.26 Å². The first-order chi connectivity index (χ1) is 6.57. The van der Waals surface area contributed by atoms with E-state index in [9.17, 15) is 8.78 Å². The molecule has 1 aromatic rings. The van der Waals surface area contributed by atoms with Gasteiger partial charge in [0.1, 0.15) is 3.70 Å². The molecule has 0 radical (unpaired) electrons. The summed E-state index contributed by atoms with van der Waals surface area (Å²) >= 11 is 3.66. The fourth-order valence-corrected chi connectivity index (χ4v) is 2.32. The molecule has 0 aliphatic heterocycles. The maximum atomic E-state index is 12.6. The molecule has 0 spiro atoms. The van der Waals surface area contributed by atoms with Crippen molar-refractivity contribution in [2.45, 2.75) is 12.8 Å². The lowest BCUT2D eigenvalue weighted by Gasteiger charge is -2.09. The lowest BCUT2D eigenvalue weighted by Crippen LogP contribution is -2.02. The van der Waals surface area contributed by atoms with Crippen LogP contribution >= 0.6 is 45.2 Å². The third-order valence-corrected chi connectivity index (χ3v) is 3.39. The standard InChI is InChI=1S/C8H4F2I2N2/c9-7(10)6-4(1-2-13)8(12)14-3-5(6)11/h3,7H,1H2. The van der Waals surface area contributed by atoms with Crippen LogP contribution in [-0.2, 0) is 6.42 Å². The zero-order chi connectivity index (χ0) is 10.7. The van der Waals surface area contributed by atoms with Crippen molar-refractivity contribution in [3.63, 3.8) is 0 Å². The second-order valence-electron chi connectivity index (χ2n) is 2.42. The molecule has 0 fully saturated rings. The Hall–Kier alpha value is -0.0400. The summed E-state index contributed by atoms with van der Waals surface area (Å²) in [6.07, 6.45) is -1.19. The zero-order valence-electron chi connectivity index (χ0n) is 6.77. The van der Waals surface area contributed by atoms with Crippen LogP contribution in [0.1, 0.15) is 17.6 Å². The van der Waals surface area contributed by atoms with E-state index in [1.165, 1.54) is 6.20 Å². The van der Waals surface area contributed by atoms with E-state index in [0.717, 1.165) is 0 Å². The lowest BCUT2D eigenvalue weighted by molar-refractivity contribution is 0.149. The molecule has 0 aliphatic carbocycles. The van der Waals surface area contributed by atoms with Crippen LogP contribution in [0.3, 0.4) is 0 Å². The Kier molecular flexibility index (Phi) is 4.43. The van der Waals surface area contributed by atoms with Crippen LogP contribution in [0.25, 0.3) is 0 Å². The molecular weight excluding hydrogens is 416 g/mol. The van der Waals surface area contributed by atoms with Gasteiger partial charge in [0, 0.05) is 20.9 Å². The average Bonchev–Trinajstić information content (AvgIpc) is 2.11. The van der Waals surface area contributed by atoms with Crippen LogP contribution in [0.5, 0.6) is 0 Å². The van der Waals surface area contributed by atoms with Crippen molar-refractivity contribution in [2.75, 3.05) is 0 Å². The van der Waals surface area contributed by atoms with E-state index in [1.807, 2.05) is 28.7 Å². The van der Waals surface area contributed by atoms with Crippen LogP contribution in [0.2, 0.25) is 0 Å². The van der Waals surface area contributed by atoms with Crippen LogP contribution < -0.4 is 0 Å². The summed E-state index contributed by atoms with van der Waals surface area (Å²) in [5, 5.41) is 8.51. The topological polar surface area (TPSA) is 36.7 Å². The van der Waals surface area contributed by atoms with Gasteiger partial charge >= 0.3 is 0 Å². The molecule has 0 bridgehead atoms. The normalized spacial score (nSPS) is 10.3. The van der Waals surface area contributed by atoms with Crippen molar-refractivity contribution in [3.05, 3.63) is 24.6 Å². The maximum absolute atomic E-state index is 12.6. The fourth-order valence-electron chi connectivity index (χ4n) is 0.999. The van der Waals surface area contributed by atoms with E-state index < -0.39 is 6.43 Å². The second kappa shape index (κ2) is 5.16. The molecule has 1 heterocycles. The van der Waals surface area contributed by atoms with Crippen LogP contribution in [0.4, 0.5) is 8.78 Å². The Morgan fingerprint density at radius 2 is 2.14 bits per heavy atom. The number of hydrogen-bond acceptors (Lipinski definition) is 2. The Bertz CT molecular complexity index is 388. The maximum Gasteiger partial charge on any atom is 0.265 e. The summed E-state index contributed by atoms with van der Waals surface area (Å²) in [5.74, 6) is 0. The first kappa shape index (κ1) is 12.0. The number of rotatable bonds is 2. The average molecular weight is 420 g/mol. The van der Waals surface area contributed by atoms with Gasteiger partial charge in [0.25, 0.3) is 6.43 Å². The number of alkyl halides is 2. The van der Waals surface area contributed by atoms with Gasteiger partial charge in [-0.1, -0.05) is 0 Å². The van der Waals surface area contributed by atoms with E-state index in [1.54, 1.807) is 22.6 Å². The minimum atomic E-state index is -2.55. The quantitative estimate of drug-likeness (QED) is 0.544. The van der Waals surface area contributed by atoms with Gasteiger partial charge in [0.05, 0.1) is 12.5 Å². The summed E-state index contributed by atoms with van der Waals surface area (Å²) in [6.45, 7) is 0. The Labute approximate surface area is 107 Å². The highest BCUT2D eigenvalue weighted by atomic mass is 127. The molecule has 74 valence electrons. The summed E-state index contributed by atoms with van der Waals surface area (Å²) in [6, 6.07) is 1.87. The smallest absolute Gasteiger partial charge is 0.249 e. The SMILES string of the molecule is N#CCc1c(I)ncc(I)c1C(F)F. The highest BCUT2D eigenvalue weighted by Gasteiger charge is 2.19. The van der Waals surface area contributed by atoms with Gasteiger partial charge in [-0.3, -0.25) is 0 Å². The number of nitrogens with zero attached hydrogens (tertiary/aromatic N) is 2. The van der Waals surface area contributed by atoms with Gasteiger partial charge in [-0.05, 0) is 45.2 Å². The third kappa shape index (κ3) is 2.50. The molecule has 0 saturated heterocycles. The molecule has 0 aliphatic rings. The highest BCUT2D eigenvalue weighted by molar-refractivity contribution is 14.1. The van der Waals surface area contributed by atoms with E-state index in [0.29, 0.717) is 12.8 Å². The first-order valence-corrected chi connectivity index (χ1v) is 5.71. The fraction of sp³-hybridized carbons (Fsp3) is 0.250. The molecule has 0 atom stereocenters. The summed E-state index contributed by atoms with van der Waals surface area (Å²) in [4.78, 5) is 3.94. The number of pyridine rings is 1. The molecule has 1 rings (SSSR count). The lowest BCUT2D eigenvalue weighted by atomic mass is 10.1. The minimum absolute atomic E-state index is 0.0260. The van der Waals surface area contributed by atoms with Crippen LogP contribution in [0.15, 0.2) is 6.20 Å². The molecule has 0 N–H and O–H groups in total. The van der Waals surface area contributed by atoms with Gasteiger partial charge in [0.2, 0.25) is 0 Å². The molecule has 6 heteroatoms. The molecule has 1 aromatic heterocycles. The van der Waals surface area contributed by atoms with Crippen molar-refractivity contribution in [2.24, 2.45) is 0 Å².